The van der Waals surface area contributed by atoms with Crippen molar-refractivity contribution in [3.8, 4) is 5.75 Å². The molecule has 6 heteroatoms. The predicted octanol–water partition coefficient (Wildman–Crippen LogP) is 4.45. The van der Waals surface area contributed by atoms with Gasteiger partial charge in [-0.3, -0.25) is 4.79 Å². The number of hydrogen-bond donors (Lipinski definition) is 1. The van der Waals surface area contributed by atoms with Gasteiger partial charge in [0.15, 0.2) is 5.65 Å². The molecule has 30 heavy (non-hydrogen) atoms. The Kier molecular flexibility index (Phi) is 6.03. The van der Waals surface area contributed by atoms with E-state index in [0.717, 1.165) is 28.4 Å². The Morgan fingerprint density at radius 2 is 1.83 bits per heavy atom. The van der Waals surface area contributed by atoms with Gasteiger partial charge >= 0.3 is 0 Å². The van der Waals surface area contributed by atoms with E-state index in [1.807, 2.05) is 54.6 Å². The van der Waals surface area contributed by atoms with Crippen molar-refractivity contribution in [1.29, 1.82) is 0 Å². The maximum atomic E-state index is 12.3. The van der Waals surface area contributed by atoms with Crippen LogP contribution in [0.15, 0.2) is 72.9 Å². The zero-order valence-electron chi connectivity index (χ0n) is 16.9. The molecule has 4 rings (SSSR count). The van der Waals surface area contributed by atoms with E-state index in [0.29, 0.717) is 25.8 Å². The van der Waals surface area contributed by atoms with Crippen molar-refractivity contribution in [3.05, 3.63) is 84.3 Å². The lowest BCUT2D eigenvalue weighted by atomic mass is 10.2. The molecule has 6 nitrogen and oxygen atoms in total. The van der Waals surface area contributed by atoms with Crippen LogP contribution in [-0.2, 0) is 17.8 Å². The molecular weight excluding hydrogens is 376 g/mol. The summed E-state index contributed by atoms with van der Waals surface area (Å²) in [4.78, 5) is 21.6. The highest BCUT2D eigenvalue weighted by molar-refractivity contribution is 5.90. The molecule has 0 spiro atoms. The number of carbonyl (C=O) groups excluding carboxylic acids is 1. The van der Waals surface area contributed by atoms with E-state index in [9.17, 15) is 4.79 Å². The first-order valence-electron chi connectivity index (χ1n) is 10.0. The summed E-state index contributed by atoms with van der Waals surface area (Å²) in [5.41, 5.74) is 3.72. The Labute approximate surface area is 175 Å². The van der Waals surface area contributed by atoms with E-state index in [1.54, 1.807) is 13.3 Å². The van der Waals surface area contributed by atoms with E-state index in [4.69, 9.17) is 9.72 Å². The highest BCUT2D eigenvalue weighted by atomic mass is 16.5. The van der Waals surface area contributed by atoms with Crippen LogP contribution in [0.2, 0.25) is 0 Å². The first-order chi connectivity index (χ1) is 14.7. The predicted molar refractivity (Wildman–Crippen MR) is 118 cm³/mol. The van der Waals surface area contributed by atoms with Crippen LogP contribution in [0.1, 0.15) is 24.2 Å². The third-order valence-electron chi connectivity index (χ3n) is 4.94. The van der Waals surface area contributed by atoms with Gasteiger partial charge in [-0.1, -0.05) is 30.3 Å². The maximum absolute atomic E-state index is 12.3. The number of aryl methyl sites for hydroxylation is 1. The summed E-state index contributed by atoms with van der Waals surface area (Å²) < 4.78 is 7.28. The van der Waals surface area contributed by atoms with Crippen molar-refractivity contribution in [2.24, 2.45) is 0 Å². The molecule has 0 aliphatic carbocycles. The SMILES string of the molecule is COc1ccc(NC(=O)CCCc2nc3cccnc3n2Cc2ccccc2)cc1. The first kappa shape index (κ1) is 19.6. The van der Waals surface area contributed by atoms with Crippen molar-refractivity contribution in [2.75, 3.05) is 12.4 Å². The Morgan fingerprint density at radius 1 is 1.03 bits per heavy atom. The van der Waals surface area contributed by atoms with E-state index < -0.39 is 0 Å². The number of nitrogens with zero attached hydrogens (tertiary/aromatic N) is 3. The molecule has 4 aromatic rings. The second-order valence-electron chi connectivity index (χ2n) is 7.08. The van der Waals surface area contributed by atoms with Gasteiger partial charge in [0.05, 0.1) is 13.7 Å². The molecule has 0 atom stereocenters. The third-order valence-corrected chi connectivity index (χ3v) is 4.94. The minimum Gasteiger partial charge on any atom is -0.497 e. The molecular formula is C24H24N4O2. The summed E-state index contributed by atoms with van der Waals surface area (Å²) in [5.74, 6) is 1.70. The van der Waals surface area contributed by atoms with Crippen molar-refractivity contribution >= 4 is 22.8 Å². The maximum Gasteiger partial charge on any atom is 0.224 e. The number of pyridine rings is 1. The topological polar surface area (TPSA) is 69.0 Å². The first-order valence-corrected chi connectivity index (χ1v) is 10.0. The zero-order chi connectivity index (χ0) is 20.8. The lowest BCUT2D eigenvalue weighted by molar-refractivity contribution is -0.116. The van der Waals surface area contributed by atoms with Gasteiger partial charge in [-0.25, -0.2) is 9.97 Å². The molecule has 0 saturated heterocycles. The lowest BCUT2D eigenvalue weighted by Gasteiger charge is -2.09. The van der Waals surface area contributed by atoms with Gasteiger partial charge in [-0.05, 0) is 48.4 Å². The summed E-state index contributed by atoms with van der Waals surface area (Å²) in [5, 5.41) is 2.93. The molecule has 0 saturated carbocycles. The Balaban J connectivity index is 1.41. The van der Waals surface area contributed by atoms with Crippen LogP contribution in [-0.4, -0.2) is 27.6 Å². The number of rotatable bonds is 8. The van der Waals surface area contributed by atoms with Crippen molar-refractivity contribution in [3.63, 3.8) is 0 Å². The largest absolute Gasteiger partial charge is 0.497 e. The number of carbonyl (C=O) groups is 1. The minimum atomic E-state index is -0.0102. The summed E-state index contributed by atoms with van der Waals surface area (Å²) >= 11 is 0. The summed E-state index contributed by atoms with van der Waals surface area (Å²) in [6, 6.07) is 21.5. The summed E-state index contributed by atoms with van der Waals surface area (Å²) in [6.07, 6.45) is 3.63. The molecule has 0 bridgehead atoms. The number of nitrogens with one attached hydrogen (secondary N) is 1. The smallest absolute Gasteiger partial charge is 0.224 e. The van der Waals surface area contributed by atoms with E-state index in [-0.39, 0.29) is 5.91 Å². The molecule has 0 unspecified atom stereocenters. The van der Waals surface area contributed by atoms with Crippen LogP contribution < -0.4 is 10.1 Å². The number of fused-ring (bicyclic) bond motifs is 1. The van der Waals surface area contributed by atoms with E-state index in [1.165, 1.54) is 5.56 Å². The van der Waals surface area contributed by atoms with Crippen LogP contribution in [0.4, 0.5) is 5.69 Å². The molecule has 152 valence electrons. The number of anilines is 1. The average Bonchev–Trinajstić information content (AvgIpc) is 3.12. The number of ether oxygens (including phenoxy) is 1. The van der Waals surface area contributed by atoms with Crippen LogP contribution in [0.3, 0.4) is 0 Å². The van der Waals surface area contributed by atoms with Gasteiger partial charge in [0, 0.05) is 24.7 Å². The highest BCUT2D eigenvalue weighted by Gasteiger charge is 2.13. The Bertz CT molecular complexity index is 1120. The fourth-order valence-corrected chi connectivity index (χ4v) is 3.43. The minimum absolute atomic E-state index is 0.0102. The van der Waals surface area contributed by atoms with Crippen LogP contribution in [0.5, 0.6) is 5.75 Å². The number of aromatic nitrogens is 3. The monoisotopic (exact) mass is 400 g/mol. The lowest BCUT2D eigenvalue weighted by Crippen LogP contribution is -2.12. The van der Waals surface area contributed by atoms with Gasteiger partial charge < -0.3 is 14.6 Å². The van der Waals surface area contributed by atoms with Crippen molar-refractivity contribution in [2.45, 2.75) is 25.8 Å². The fourth-order valence-electron chi connectivity index (χ4n) is 3.43. The molecule has 2 heterocycles. The van der Waals surface area contributed by atoms with Gasteiger partial charge in [0.2, 0.25) is 5.91 Å². The highest BCUT2D eigenvalue weighted by Crippen LogP contribution is 2.18. The summed E-state index contributed by atoms with van der Waals surface area (Å²) in [6.45, 7) is 0.710. The van der Waals surface area contributed by atoms with Gasteiger partial charge in [-0.2, -0.15) is 0 Å². The number of methoxy groups -OCH3 is 1. The molecule has 2 aromatic carbocycles. The molecule has 0 aliphatic heterocycles. The molecule has 2 aromatic heterocycles. The van der Waals surface area contributed by atoms with Crippen LogP contribution in [0, 0.1) is 0 Å². The van der Waals surface area contributed by atoms with Crippen LogP contribution >= 0.6 is 0 Å². The molecule has 1 N–H and O–H groups in total. The summed E-state index contributed by atoms with van der Waals surface area (Å²) in [7, 11) is 1.62. The molecule has 0 radical (unpaired) electrons. The van der Waals surface area contributed by atoms with Crippen molar-refractivity contribution in [1.82, 2.24) is 14.5 Å². The quantitative estimate of drug-likeness (QED) is 0.474. The van der Waals surface area contributed by atoms with Crippen LogP contribution in [0.25, 0.3) is 11.2 Å². The third kappa shape index (κ3) is 4.66. The Morgan fingerprint density at radius 3 is 2.60 bits per heavy atom. The van der Waals surface area contributed by atoms with Gasteiger partial charge in [0.25, 0.3) is 0 Å². The van der Waals surface area contributed by atoms with Crippen molar-refractivity contribution < 1.29 is 9.53 Å². The molecule has 0 fully saturated rings. The number of amides is 1. The molecule has 1 amide bonds. The second kappa shape index (κ2) is 9.22. The zero-order valence-corrected chi connectivity index (χ0v) is 16.9. The Hall–Kier alpha value is -3.67. The van der Waals surface area contributed by atoms with Gasteiger partial charge in [0.1, 0.15) is 17.1 Å². The van der Waals surface area contributed by atoms with Gasteiger partial charge in [-0.15, -0.1) is 0 Å². The average molecular weight is 400 g/mol. The second-order valence-corrected chi connectivity index (χ2v) is 7.08. The number of hydrogen-bond acceptors (Lipinski definition) is 4. The number of imidazole rings is 1. The standard InChI is InChI=1S/C24H24N4O2/c1-30-20-14-12-19(13-15-20)26-23(29)11-5-10-22-27-21-9-6-16-25-24(21)28(22)17-18-7-3-2-4-8-18/h2-4,6-9,12-16H,5,10-11,17H2,1H3,(H,26,29). The molecule has 0 aliphatic rings. The number of benzene rings is 2. The van der Waals surface area contributed by atoms with E-state index >= 15 is 0 Å². The van der Waals surface area contributed by atoms with E-state index in [2.05, 4.69) is 27.0 Å². The normalized spacial score (nSPS) is 10.8. The fraction of sp³-hybridized carbons (Fsp3) is 0.208.